The van der Waals surface area contributed by atoms with Crippen molar-refractivity contribution in [2.24, 2.45) is 11.3 Å². The maximum absolute atomic E-state index is 12.2. The highest BCUT2D eigenvalue weighted by molar-refractivity contribution is 6.03. The summed E-state index contributed by atoms with van der Waals surface area (Å²) in [5.41, 5.74) is 1.55. The van der Waals surface area contributed by atoms with E-state index in [0.717, 1.165) is 31.2 Å². The molecule has 2 aromatic rings. The van der Waals surface area contributed by atoms with E-state index >= 15 is 0 Å². The first-order valence-corrected chi connectivity index (χ1v) is 9.87. The Morgan fingerprint density at radius 2 is 1.83 bits per heavy atom. The van der Waals surface area contributed by atoms with Crippen LogP contribution in [0.15, 0.2) is 24.3 Å². The normalized spacial score (nSPS) is 19.6. The molecule has 3 rings (SSSR count). The number of hydrogen-bond acceptors (Lipinski definition) is 5. The number of carboxylic acid groups (broad SMARTS) is 1. The second-order valence-electron chi connectivity index (χ2n) is 8.67. The molecule has 0 radical (unpaired) electrons. The van der Waals surface area contributed by atoms with E-state index in [1.807, 2.05) is 0 Å². The van der Waals surface area contributed by atoms with Gasteiger partial charge in [0.2, 0.25) is 0 Å². The number of rotatable bonds is 5. The molecule has 0 unspecified atom stereocenters. The van der Waals surface area contributed by atoms with Crippen molar-refractivity contribution < 1.29 is 14.7 Å². The van der Waals surface area contributed by atoms with E-state index in [4.69, 9.17) is 0 Å². The fraction of sp³-hybridized carbons (Fsp3) is 0.550. The molecule has 0 aliphatic heterocycles. The lowest BCUT2D eigenvalue weighted by Crippen LogP contribution is -2.42. The van der Waals surface area contributed by atoms with Crippen LogP contribution in [0.4, 0.5) is 10.7 Å². The molecule has 1 aliphatic carbocycles. The molecule has 156 valence electrons. The Hall–Kier alpha value is -2.97. The van der Waals surface area contributed by atoms with Gasteiger partial charge in [-0.25, -0.2) is 4.79 Å². The van der Waals surface area contributed by atoms with Crippen molar-refractivity contribution in [1.82, 2.24) is 25.5 Å². The number of nitrogens with zero attached hydrogens (tertiary/aromatic N) is 4. The van der Waals surface area contributed by atoms with Gasteiger partial charge in [-0.3, -0.25) is 10.1 Å². The van der Waals surface area contributed by atoms with Gasteiger partial charge in [-0.15, -0.1) is 5.10 Å². The van der Waals surface area contributed by atoms with Gasteiger partial charge in [0.25, 0.3) is 11.9 Å². The van der Waals surface area contributed by atoms with E-state index in [2.05, 4.69) is 46.7 Å². The topological polar surface area (TPSA) is 124 Å². The lowest BCUT2D eigenvalue weighted by Gasteiger charge is -2.40. The van der Waals surface area contributed by atoms with Crippen LogP contribution in [0.5, 0.6) is 0 Å². The molecule has 9 nitrogen and oxygen atoms in total. The number of benzene rings is 1. The number of aromatic amines is 1. The molecule has 3 N–H and O–H groups in total. The molecule has 0 bridgehead atoms. The zero-order chi connectivity index (χ0) is 21.0. The Balaban J connectivity index is 1.61. The summed E-state index contributed by atoms with van der Waals surface area (Å²) in [6.45, 7) is 7.07. The fourth-order valence-corrected chi connectivity index (χ4v) is 3.95. The van der Waals surface area contributed by atoms with Crippen LogP contribution in [-0.2, 0) is 6.54 Å². The van der Waals surface area contributed by atoms with Crippen LogP contribution in [0, 0.1) is 11.3 Å². The molecule has 0 spiro atoms. The second kappa shape index (κ2) is 8.59. The summed E-state index contributed by atoms with van der Waals surface area (Å²) >= 11 is 0. The summed E-state index contributed by atoms with van der Waals surface area (Å²) < 4.78 is 0. The third kappa shape index (κ3) is 5.30. The molecule has 0 saturated heterocycles. The maximum Gasteiger partial charge on any atom is 0.407 e. The van der Waals surface area contributed by atoms with E-state index in [1.54, 1.807) is 24.3 Å². The smallest absolute Gasteiger partial charge is 0.407 e. The molecule has 1 saturated carbocycles. The number of carbonyl (C=O) groups excluding carboxylic acids is 1. The highest BCUT2D eigenvalue weighted by Gasteiger charge is 2.33. The quantitative estimate of drug-likeness (QED) is 0.705. The van der Waals surface area contributed by atoms with E-state index < -0.39 is 6.09 Å². The molecule has 1 aliphatic rings. The van der Waals surface area contributed by atoms with Crippen LogP contribution in [0.2, 0.25) is 0 Å². The van der Waals surface area contributed by atoms with Crippen molar-refractivity contribution in [3.8, 4) is 0 Å². The number of carbonyl (C=O) groups is 2. The number of nitrogens with one attached hydrogen (secondary N) is 2. The zero-order valence-electron chi connectivity index (χ0n) is 17.1. The molecule has 0 atom stereocenters. The first-order valence-electron chi connectivity index (χ1n) is 9.87. The average Bonchev–Trinajstić information content (AvgIpc) is 3.19. The molecule has 1 fully saturated rings. The van der Waals surface area contributed by atoms with Crippen LogP contribution < -0.4 is 5.32 Å². The summed E-state index contributed by atoms with van der Waals surface area (Å²) in [4.78, 5) is 25.6. The van der Waals surface area contributed by atoms with Crippen molar-refractivity contribution in [3.63, 3.8) is 0 Å². The van der Waals surface area contributed by atoms with E-state index in [-0.39, 0.29) is 23.3 Å². The Kier molecular flexibility index (Phi) is 6.14. The van der Waals surface area contributed by atoms with Gasteiger partial charge in [0.1, 0.15) is 0 Å². The average molecular weight is 400 g/mol. The number of anilines is 1. The largest absolute Gasteiger partial charge is 0.465 e. The van der Waals surface area contributed by atoms with E-state index in [0.29, 0.717) is 18.0 Å². The van der Waals surface area contributed by atoms with Crippen LogP contribution in [0.3, 0.4) is 0 Å². The van der Waals surface area contributed by atoms with Crippen molar-refractivity contribution in [2.45, 2.75) is 59.0 Å². The SMILES string of the molecule is CC(C)(C)C1CCC(N(Cc2ccc(C(=O)Nc3nn[nH]n3)cc2)C(=O)O)CC1. The van der Waals surface area contributed by atoms with Gasteiger partial charge in [0.05, 0.1) is 0 Å². The van der Waals surface area contributed by atoms with Gasteiger partial charge in [-0.2, -0.15) is 5.21 Å². The number of aromatic nitrogens is 4. The van der Waals surface area contributed by atoms with E-state index in [9.17, 15) is 14.7 Å². The first-order chi connectivity index (χ1) is 13.7. The van der Waals surface area contributed by atoms with Crippen LogP contribution in [-0.4, -0.2) is 48.7 Å². The van der Waals surface area contributed by atoms with E-state index in [1.165, 1.54) is 4.90 Å². The van der Waals surface area contributed by atoms with Gasteiger partial charge in [-0.05, 0) is 59.9 Å². The third-order valence-corrected chi connectivity index (χ3v) is 5.75. The summed E-state index contributed by atoms with van der Waals surface area (Å²) in [6.07, 6.45) is 2.97. The molecule has 1 heterocycles. The molecule has 9 heteroatoms. The molecule has 1 aromatic carbocycles. The second-order valence-corrected chi connectivity index (χ2v) is 8.67. The summed E-state index contributed by atoms with van der Waals surface area (Å²) in [5.74, 6) is 0.377. The Morgan fingerprint density at radius 3 is 2.34 bits per heavy atom. The minimum Gasteiger partial charge on any atom is -0.465 e. The lowest BCUT2D eigenvalue weighted by molar-refractivity contribution is 0.0803. The standard InChI is InChI=1S/C20H28N6O3/c1-20(2,3)15-8-10-16(11-9-15)26(19(28)29)12-13-4-6-14(7-5-13)17(27)21-18-22-24-25-23-18/h4-7,15-16H,8-12H2,1-3H3,(H,28,29)(H2,21,22,23,24,25,27). The highest BCUT2D eigenvalue weighted by Crippen LogP contribution is 2.39. The number of amides is 2. The predicted octanol–water partition coefficient (Wildman–Crippen LogP) is 3.54. The van der Waals surface area contributed by atoms with Gasteiger partial charge in [-0.1, -0.05) is 38.0 Å². The van der Waals surface area contributed by atoms with Crippen molar-refractivity contribution in [3.05, 3.63) is 35.4 Å². The molecular weight excluding hydrogens is 372 g/mol. The summed E-state index contributed by atoms with van der Waals surface area (Å²) in [5, 5.41) is 25.3. The molecule has 29 heavy (non-hydrogen) atoms. The summed E-state index contributed by atoms with van der Waals surface area (Å²) in [6, 6.07) is 6.93. The maximum atomic E-state index is 12.2. The number of hydrogen-bond donors (Lipinski definition) is 3. The van der Waals surface area contributed by atoms with Crippen LogP contribution in [0.25, 0.3) is 0 Å². The molecular formula is C20H28N6O3. The van der Waals surface area contributed by atoms with Crippen LogP contribution >= 0.6 is 0 Å². The van der Waals surface area contributed by atoms with Crippen molar-refractivity contribution in [2.75, 3.05) is 5.32 Å². The Labute approximate surface area is 169 Å². The van der Waals surface area contributed by atoms with Crippen LogP contribution in [0.1, 0.15) is 62.4 Å². The highest BCUT2D eigenvalue weighted by atomic mass is 16.4. The van der Waals surface area contributed by atoms with Gasteiger partial charge >= 0.3 is 6.09 Å². The first kappa shape index (κ1) is 20.8. The molecule has 1 aromatic heterocycles. The van der Waals surface area contributed by atoms with Gasteiger partial charge in [0, 0.05) is 18.2 Å². The summed E-state index contributed by atoms with van der Waals surface area (Å²) in [7, 11) is 0. The number of tetrazole rings is 1. The third-order valence-electron chi connectivity index (χ3n) is 5.75. The fourth-order valence-electron chi connectivity index (χ4n) is 3.95. The van der Waals surface area contributed by atoms with Gasteiger partial charge < -0.3 is 10.0 Å². The monoisotopic (exact) mass is 400 g/mol. The van der Waals surface area contributed by atoms with Gasteiger partial charge in [0.15, 0.2) is 0 Å². The Bertz CT molecular complexity index is 821. The minimum absolute atomic E-state index is 0.0346. The molecule has 2 amide bonds. The Morgan fingerprint density at radius 1 is 1.17 bits per heavy atom. The predicted molar refractivity (Wildman–Crippen MR) is 107 cm³/mol. The lowest BCUT2D eigenvalue weighted by atomic mass is 9.71. The van der Waals surface area contributed by atoms with Crippen molar-refractivity contribution in [1.29, 1.82) is 0 Å². The zero-order valence-corrected chi connectivity index (χ0v) is 17.1. The number of H-pyrrole nitrogens is 1. The minimum atomic E-state index is -0.900. The van der Waals surface area contributed by atoms with Crippen molar-refractivity contribution >= 4 is 17.9 Å².